The van der Waals surface area contributed by atoms with Crippen molar-refractivity contribution in [1.29, 1.82) is 0 Å². The van der Waals surface area contributed by atoms with Gasteiger partial charge in [-0.25, -0.2) is 4.98 Å². The molecule has 4 aromatic rings. The van der Waals surface area contributed by atoms with Crippen molar-refractivity contribution in [3.05, 3.63) is 59.4 Å². The predicted octanol–water partition coefficient (Wildman–Crippen LogP) is 5.38. The lowest BCUT2D eigenvalue weighted by atomic mass is 9.97. The van der Waals surface area contributed by atoms with Crippen LogP contribution >= 0.6 is 22.9 Å². The van der Waals surface area contributed by atoms with E-state index in [1.807, 2.05) is 48.5 Å². The third kappa shape index (κ3) is 3.19. The Balaban J connectivity index is 1.30. The fourth-order valence-corrected chi connectivity index (χ4v) is 4.69. The monoisotopic (exact) mass is 396 g/mol. The number of benzene rings is 2. The van der Waals surface area contributed by atoms with E-state index in [4.69, 9.17) is 16.0 Å². The quantitative estimate of drug-likeness (QED) is 0.465. The standard InChI is InChI=1S/C20H17ClN4OS/c21-15-6-2-1-5-14(15)19-23-24-20(27-19)25-11-9-13(10-12-25)18-22-16-7-3-4-8-17(16)26-18/h1-8,13H,9-12H2. The molecule has 7 heteroatoms. The second kappa shape index (κ2) is 6.94. The molecule has 0 bridgehead atoms. The minimum Gasteiger partial charge on any atom is -0.440 e. The first-order valence-electron chi connectivity index (χ1n) is 8.97. The van der Waals surface area contributed by atoms with Gasteiger partial charge < -0.3 is 9.32 Å². The maximum Gasteiger partial charge on any atom is 0.208 e. The van der Waals surface area contributed by atoms with Crippen molar-refractivity contribution in [3.63, 3.8) is 0 Å². The Morgan fingerprint density at radius 1 is 1.00 bits per heavy atom. The second-order valence-electron chi connectivity index (χ2n) is 6.65. The number of halogens is 1. The first kappa shape index (κ1) is 16.7. The van der Waals surface area contributed by atoms with Crippen LogP contribution in [0.3, 0.4) is 0 Å². The number of hydrogen-bond acceptors (Lipinski definition) is 6. The van der Waals surface area contributed by atoms with Gasteiger partial charge in [0.15, 0.2) is 16.5 Å². The lowest BCUT2D eigenvalue weighted by Crippen LogP contribution is -2.32. The number of fused-ring (bicyclic) bond motifs is 1. The maximum atomic E-state index is 6.28. The van der Waals surface area contributed by atoms with E-state index in [0.29, 0.717) is 10.9 Å². The summed E-state index contributed by atoms with van der Waals surface area (Å²) < 4.78 is 5.95. The highest BCUT2D eigenvalue weighted by Gasteiger charge is 2.26. The topological polar surface area (TPSA) is 55.1 Å². The summed E-state index contributed by atoms with van der Waals surface area (Å²) >= 11 is 7.87. The largest absolute Gasteiger partial charge is 0.440 e. The molecule has 5 nitrogen and oxygen atoms in total. The van der Waals surface area contributed by atoms with Crippen LogP contribution < -0.4 is 4.90 Å². The molecule has 27 heavy (non-hydrogen) atoms. The molecule has 0 N–H and O–H groups in total. The number of nitrogens with zero attached hydrogens (tertiary/aromatic N) is 4. The van der Waals surface area contributed by atoms with Crippen LogP contribution in [-0.2, 0) is 0 Å². The van der Waals surface area contributed by atoms with Crippen molar-refractivity contribution < 1.29 is 4.42 Å². The van der Waals surface area contributed by atoms with E-state index in [9.17, 15) is 0 Å². The van der Waals surface area contributed by atoms with Gasteiger partial charge in [0, 0.05) is 24.6 Å². The van der Waals surface area contributed by atoms with Crippen LogP contribution in [0.4, 0.5) is 5.13 Å². The van der Waals surface area contributed by atoms with Gasteiger partial charge in [0.05, 0.1) is 5.02 Å². The first-order chi connectivity index (χ1) is 13.3. The van der Waals surface area contributed by atoms with Crippen LogP contribution in [0.2, 0.25) is 5.02 Å². The van der Waals surface area contributed by atoms with Gasteiger partial charge in [0.1, 0.15) is 5.52 Å². The fraction of sp³-hybridized carbons (Fsp3) is 0.250. The van der Waals surface area contributed by atoms with Crippen molar-refractivity contribution >= 4 is 39.2 Å². The minimum atomic E-state index is 0.351. The van der Waals surface area contributed by atoms with E-state index in [-0.39, 0.29) is 0 Å². The summed E-state index contributed by atoms with van der Waals surface area (Å²) in [6.45, 7) is 1.83. The van der Waals surface area contributed by atoms with Gasteiger partial charge in [0.25, 0.3) is 0 Å². The van der Waals surface area contributed by atoms with E-state index < -0.39 is 0 Å². The fourth-order valence-electron chi connectivity index (χ4n) is 3.47. The Kier molecular flexibility index (Phi) is 4.30. The van der Waals surface area contributed by atoms with Crippen LogP contribution in [0.5, 0.6) is 0 Å². The summed E-state index contributed by atoms with van der Waals surface area (Å²) in [5.74, 6) is 1.20. The predicted molar refractivity (Wildman–Crippen MR) is 109 cm³/mol. The molecule has 1 aliphatic rings. The molecule has 0 aliphatic carbocycles. The average molecular weight is 397 g/mol. The summed E-state index contributed by atoms with van der Waals surface area (Å²) in [7, 11) is 0. The van der Waals surface area contributed by atoms with Crippen molar-refractivity contribution in [3.8, 4) is 10.6 Å². The summed E-state index contributed by atoms with van der Waals surface area (Å²) in [6, 6.07) is 15.7. The van der Waals surface area contributed by atoms with Crippen molar-refractivity contribution in [2.75, 3.05) is 18.0 Å². The van der Waals surface area contributed by atoms with Crippen LogP contribution in [0.25, 0.3) is 21.7 Å². The van der Waals surface area contributed by atoms with Gasteiger partial charge in [-0.05, 0) is 31.0 Å². The van der Waals surface area contributed by atoms with E-state index >= 15 is 0 Å². The zero-order valence-corrected chi connectivity index (χ0v) is 16.1. The molecule has 3 heterocycles. The molecule has 5 rings (SSSR count). The molecule has 0 atom stereocenters. The van der Waals surface area contributed by atoms with Crippen LogP contribution in [0.1, 0.15) is 24.7 Å². The van der Waals surface area contributed by atoms with Gasteiger partial charge in [0.2, 0.25) is 5.13 Å². The number of anilines is 1. The van der Waals surface area contributed by atoms with Crippen LogP contribution in [0.15, 0.2) is 52.9 Å². The molecule has 0 spiro atoms. The lowest BCUT2D eigenvalue weighted by molar-refractivity contribution is 0.407. The molecule has 1 saturated heterocycles. The second-order valence-corrected chi connectivity index (χ2v) is 8.01. The van der Waals surface area contributed by atoms with Gasteiger partial charge in [-0.15, -0.1) is 10.2 Å². The lowest BCUT2D eigenvalue weighted by Gasteiger charge is -2.29. The smallest absolute Gasteiger partial charge is 0.208 e. The summed E-state index contributed by atoms with van der Waals surface area (Å²) in [6.07, 6.45) is 1.99. The Bertz CT molecular complexity index is 1050. The Hall–Kier alpha value is -2.44. The summed E-state index contributed by atoms with van der Waals surface area (Å²) in [5, 5.41) is 11.2. The van der Waals surface area contributed by atoms with Gasteiger partial charge in [-0.3, -0.25) is 0 Å². The highest BCUT2D eigenvalue weighted by atomic mass is 35.5. The van der Waals surface area contributed by atoms with E-state index in [1.165, 1.54) is 0 Å². The third-order valence-electron chi connectivity index (χ3n) is 4.94. The highest BCUT2D eigenvalue weighted by molar-refractivity contribution is 7.18. The maximum absolute atomic E-state index is 6.28. The molecule has 0 radical (unpaired) electrons. The molecule has 1 fully saturated rings. The van der Waals surface area contributed by atoms with Crippen LogP contribution in [0, 0.1) is 0 Å². The Morgan fingerprint density at radius 2 is 1.78 bits per heavy atom. The normalized spacial score (nSPS) is 15.5. The number of rotatable bonds is 3. The third-order valence-corrected chi connectivity index (χ3v) is 6.29. The van der Waals surface area contributed by atoms with Gasteiger partial charge in [-0.1, -0.05) is 53.3 Å². The number of hydrogen-bond donors (Lipinski definition) is 0. The zero-order valence-electron chi connectivity index (χ0n) is 14.5. The molecular weight excluding hydrogens is 380 g/mol. The minimum absolute atomic E-state index is 0.351. The van der Waals surface area contributed by atoms with Crippen LogP contribution in [-0.4, -0.2) is 28.3 Å². The summed E-state index contributed by atoms with van der Waals surface area (Å²) in [4.78, 5) is 6.95. The number of aromatic nitrogens is 3. The SMILES string of the molecule is Clc1ccccc1-c1nnc(N2CCC(c3nc4ccccc4o3)CC2)s1. The number of piperidine rings is 1. The van der Waals surface area contributed by atoms with Crippen molar-refractivity contribution in [2.45, 2.75) is 18.8 Å². The highest BCUT2D eigenvalue weighted by Crippen LogP contribution is 2.36. The molecule has 1 aliphatic heterocycles. The molecule has 0 amide bonds. The van der Waals surface area contributed by atoms with Gasteiger partial charge in [-0.2, -0.15) is 0 Å². The van der Waals surface area contributed by atoms with Gasteiger partial charge >= 0.3 is 0 Å². The molecule has 0 saturated carbocycles. The molecular formula is C20H17ClN4OS. The number of para-hydroxylation sites is 2. The number of oxazole rings is 1. The molecule has 136 valence electrons. The average Bonchev–Trinajstić information content (AvgIpc) is 3.36. The van der Waals surface area contributed by atoms with E-state index in [2.05, 4.69) is 20.1 Å². The van der Waals surface area contributed by atoms with E-state index in [1.54, 1.807) is 11.3 Å². The first-order valence-corrected chi connectivity index (χ1v) is 10.2. The zero-order chi connectivity index (χ0) is 18.2. The Labute approximate surface area is 165 Å². The van der Waals surface area contributed by atoms with Crippen molar-refractivity contribution in [2.24, 2.45) is 0 Å². The van der Waals surface area contributed by atoms with E-state index in [0.717, 1.165) is 58.6 Å². The summed E-state index contributed by atoms with van der Waals surface area (Å²) in [5.41, 5.74) is 2.73. The molecule has 2 aromatic carbocycles. The molecule has 2 aromatic heterocycles. The van der Waals surface area contributed by atoms with Crippen molar-refractivity contribution in [1.82, 2.24) is 15.2 Å². The molecule has 0 unspecified atom stereocenters. The Morgan fingerprint density at radius 3 is 2.59 bits per heavy atom.